The minimum absolute atomic E-state index is 0.239. The van der Waals surface area contributed by atoms with Gasteiger partial charge in [0, 0.05) is 11.6 Å². The predicted molar refractivity (Wildman–Crippen MR) is 49.5 cm³/mol. The molecular weight excluding hydrogens is 169 g/mol. The lowest BCUT2D eigenvalue weighted by Crippen LogP contribution is -1.84. The number of rotatable bonds is 1. The van der Waals surface area contributed by atoms with E-state index < -0.39 is 0 Å². The standard InChI is InChI=1S/C10H10FNO/c1-6-3-7(13-2)4-8-9(11)5-12-10(6)8/h3-5,12H,1-2H3. The van der Waals surface area contributed by atoms with Gasteiger partial charge in [-0.2, -0.15) is 0 Å². The fourth-order valence-electron chi connectivity index (χ4n) is 1.47. The summed E-state index contributed by atoms with van der Waals surface area (Å²) in [7, 11) is 1.57. The molecule has 1 aromatic carbocycles. The fourth-order valence-corrected chi connectivity index (χ4v) is 1.47. The SMILES string of the molecule is COc1cc(C)c2[nH]cc(F)c2c1. The minimum atomic E-state index is -0.239. The van der Waals surface area contributed by atoms with Gasteiger partial charge in [0.1, 0.15) is 11.6 Å². The van der Waals surface area contributed by atoms with Crippen LogP contribution in [0, 0.1) is 12.7 Å². The highest BCUT2D eigenvalue weighted by Gasteiger charge is 2.06. The van der Waals surface area contributed by atoms with Crippen LogP contribution in [0.2, 0.25) is 0 Å². The van der Waals surface area contributed by atoms with E-state index in [1.54, 1.807) is 13.2 Å². The number of ether oxygens (including phenoxy) is 1. The van der Waals surface area contributed by atoms with Crippen LogP contribution in [-0.2, 0) is 0 Å². The summed E-state index contributed by atoms with van der Waals surface area (Å²) in [5.41, 5.74) is 1.82. The van der Waals surface area contributed by atoms with E-state index in [9.17, 15) is 4.39 Å². The molecule has 0 saturated carbocycles. The first kappa shape index (κ1) is 8.10. The van der Waals surface area contributed by atoms with Crippen LogP contribution in [0.15, 0.2) is 18.3 Å². The molecule has 0 aliphatic carbocycles. The Hall–Kier alpha value is -1.51. The van der Waals surface area contributed by atoms with Crippen molar-refractivity contribution in [1.82, 2.24) is 4.98 Å². The summed E-state index contributed by atoms with van der Waals surface area (Å²) in [5, 5.41) is 0.580. The van der Waals surface area contributed by atoms with Crippen LogP contribution in [0.1, 0.15) is 5.56 Å². The van der Waals surface area contributed by atoms with Crippen molar-refractivity contribution in [3.8, 4) is 5.75 Å². The second-order valence-electron chi connectivity index (χ2n) is 3.00. The molecular formula is C10H10FNO. The lowest BCUT2D eigenvalue weighted by atomic mass is 10.1. The Morgan fingerprint density at radius 2 is 2.15 bits per heavy atom. The van der Waals surface area contributed by atoms with Crippen LogP contribution < -0.4 is 4.74 Å². The zero-order valence-electron chi connectivity index (χ0n) is 7.52. The largest absolute Gasteiger partial charge is 0.497 e. The van der Waals surface area contributed by atoms with E-state index in [4.69, 9.17) is 4.74 Å². The van der Waals surface area contributed by atoms with Gasteiger partial charge < -0.3 is 9.72 Å². The van der Waals surface area contributed by atoms with Crippen molar-refractivity contribution in [2.75, 3.05) is 7.11 Å². The van der Waals surface area contributed by atoms with Crippen molar-refractivity contribution in [3.63, 3.8) is 0 Å². The molecule has 1 N–H and O–H groups in total. The van der Waals surface area contributed by atoms with Crippen LogP contribution in [0.4, 0.5) is 4.39 Å². The van der Waals surface area contributed by atoms with Gasteiger partial charge in [0.15, 0.2) is 0 Å². The van der Waals surface area contributed by atoms with Crippen LogP contribution >= 0.6 is 0 Å². The number of aromatic amines is 1. The molecule has 1 heterocycles. The summed E-state index contributed by atoms with van der Waals surface area (Å²) < 4.78 is 18.2. The average Bonchev–Trinajstić information content (AvgIpc) is 2.48. The van der Waals surface area contributed by atoms with E-state index in [1.165, 1.54) is 6.20 Å². The molecule has 2 aromatic rings. The molecule has 2 rings (SSSR count). The van der Waals surface area contributed by atoms with Crippen molar-refractivity contribution in [1.29, 1.82) is 0 Å². The maximum atomic E-state index is 13.2. The summed E-state index contributed by atoms with van der Waals surface area (Å²) in [6, 6.07) is 3.56. The fraction of sp³-hybridized carbons (Fsp3) is 0.200. The third-order valence-electron chi connectivity index (χ3n) is 2.15. The molecule has 1 aromatic heterocycles. The summed E-state index contributed by atoms with van der Waals surface area (Å²) in [4.78, 5) is 2.88. The van der Waals surface area contributed by atoms with E-state index in [0.717, 1.165) is 11.1 Å². The van der Waals surface area contributed by atoms with E-state index in [-0.39, 0.29) is 5.82 Å². The molecule has 0 aliphatic rings. The van der Waals surface area contributed by atoms with Crippen molar-refractivity contribution < 1.29 is 9.13 Å². The van der Waals surface area contributed by atoms with E-state index in [0.29, 0.717) is 11.1 Å². The number of hydrogen-bond acceptors (Lipinski definition) is 1. The molecule has 0 saturated heterocycles. The Labute approximate surface area is 75.3 Å². The number of nitrogens with one attached hydrogen (secondary N) is 1. The van der Waals surface area contributed by atoms with E-state index in [1.807, 2.05) is 13.0 Å². The summed E-state index contributed by atoms with van der Waals surface area (Å²) >= 11 is 0. The number of benzene rings is 1. The summed E-state index contributed by atoms with van der Waals surface area (Å²) in [6.07, 6.45) is 1.36. The minimum Gasteiger partial charge on any atom is -0.497 e. The van der Waals surface area contributed by atoms with Crippen molar-refractivity contribution in [2.24, 2.45) is 0 Å². The van der Waals surface area contributed by atoms with Gasteiger partial charge in [-0.15, -0.1) is 0 Å². The first-order chi connectivity index (χ1) is 6.22. The summed E-state index contributed by atoms with van der Waals surface area (Å²) in [6.45, 7) is 1.92. The van der Waals surface area contributed by atoms with Gasteiger partial charge in [0.25, 0.3) is 0 Å². The van der Waals surface area contributed by atoms with Crippen molar-refractivity contribution in [3.05, 3.63) is 29.7 Å². The molecule has 13 heavy (non-hydrogen) atoms. The molecule has 0 spiro atoms. The number of aryl methyl sites for hydroxylation is 1. The monoisotopic (exact) mass is 179 g/mol. The van der Waals surface area contributed by atoms with Gasteiger partial charge in [-0.3, -0.25) is 0 Å². The Morgan fingerprint density at radius 1 is 1.38 bits per heavy atom. The first-order valence-corrected chi connectivity index (χ1v) is 4.03. The molecule has 68 valence electrons. The molecule has 0 bridgehead atoms. The Morgan fingerprint density at radius 3 is 2.85 bits per heavy atom. The molecule has 0 amide bonds. The maximum absolute atomic E-state index is 13.2. The van der Waals surface area contributed by atoms with Crippen molar-refractivity contribution >= 4 is 10.9 Å². The Bertz CT molecular complexity index is 447. The van der Waals surface area contributed by atoms with Crippen LogP contribution in [0.25, 0.3) is 10.9 Å². The normalized spacial score (nSPS) is 10.7. The summed E-state index contributed by atoms with van der Waals surface area (Å²) in [5.74, 6) is 0.445. The molecule has 2 nitrogen and oxygen atoms in total. The average molecular weight is 179 g/mol. The number of methoxy groups -OCH3 is 1. The van der Waals surface area contributed by atoms with Crippen molar-refractivity contribution in [2.45, 2.75) is 6.92 Å². The molecule has 0 fully saturated rings. The van der Waals surface area contributed by atoms with Gasteiger partial charge in [-0.25, -0.2) is 4.39 Å². The third kappa shape index (κ3) is 1.16. The highest BCUT2D eigenvalue weighted by Crippen LogP contribution is 2.25. The van der Waals surface area contributed by atoms with Crippen LogP contribution in [0.3, 0.4) is 0 Å². The lowest BCUT2D eigenvalue weighted by Gasteiger charge is -2.02. The zero-order valence-corrected chi connectivity index (χ0v) is 7.52. The Balaban J connectivity index is 2.80. The lowest BCUT2D eigenvalue weighted by molar-refractivity contribution is 0.415. The van der Waals surface area contributed by atoms with Gasteiger partial charge in [-0.1, -0.05) is 0 Å². The number of halogens is 1. The van der Waals surface area contributed by atoms with Gasteiger partial charge in [0.2, 0.25) is 0 Å². The van der Waals surface area contributed by atoms with Crippen LogP contribution in [0.5, 0.6) is 5.75 Å². The third-order valence-corrected chi connectivity index (χ3v) is 2.15. The number of H-pyrrole nitrogens is 1. The van der Waals surface area contributed by atoms with Gasteiger partial charge >= 0.3 is 0 Å². The maximum Gasteiger partial charge on any atom is 0.148 e. The number of aromatic nitrogens is 1. The molecule has 3 heteroatoms. The molecule has 0 atom stereocenters. The molecule has 0 aliphatic heterocycles. The smallest absolute Gasteiger partial charge is 0.148 e. The van der Waals surface area contributed by atoms with Gasteiger partial charge in [0.05, 0.1) is 12.6 Å². The molecule has 0 unspecified atom stereocenters. The van der Waals surface area contributed by atoms with E-state index >= 15 is 0 Å². The second-order valence-corrected chi connectivity index (χ2v) is 3.00. The second kappa shape index (κ2) is 2.76. The topological polar surface area (TPSA) is 25.0 Å². The zero-order chi connectivity index (χ0) is 9.42. The highest BCUT2D eigenvalue weighted by molar-refractivity contribution is 5.84. The van der Waals surface area contributed by atoms with Crippen LogP contribution in [-0.4, -0.2) is 12.1 Å². The van der Waals surface area contributed by atoms with Gasteiger partial charge in [-0.05, 0) is 24.6 Å². The number of hydrogen-bond donors (Lipinski definition) is 1. The van der Waals surface area contributed by atoms with E-state index in [2.05, 4.69) is 4.98 Å². The number of fused-ring (bicyclic) bond motifs is 1. The Kier molecular flexibility index (Phi) is 1.72. The molecule has 0 radical (unpaired) electrons. The highest BCUT2D eigenvalue weighted by atomic mass is 19.1. The predicted octanol–water partition coefficient (Wildman–Crippen LogP) is 2.62. The first-order valence-electron chi connectivity index (χ1n) is 4.03. The quantitative estimate of drug-likeness (QED) is 0.715.